The molecule has 1 saturated carbocycles. The smallest absolute Gasteiger partial charge is 0.412 e. The van der Waals surface area contributed by atoms with Gasteiger partial charge in [0.05, 0.1) is 12.2 Å². The maximum absolute atomic E-state index is 11.1. The molecule has 0 saturated heterocycles. The molecule has 0 bridgehead atoms. The van der Waals surface area contributed by atoms with Crippen LogP contribution in [0.15, 0.2) is 24.3 Å². The minimum Gasteiger partial charge on any atom is -0.483 e. The fraction of sp³-hybridized carbons (Fsp3) is 0.364. The predicted octanol–water partition coefficient (Wildman–Crippen LogP) is 2.10. The lowest BCUT2D eigenvalue weighted by atomic mass is 10.2. The summed E-state index contributed by atoms with van der Waals surface area (Å²) < 4.78 is 5.81. The summed E-state index contributed by atoms with van der Waals surface area (Å²) in [4.78, 5) is 12.5. The Morgan fingerprint density at radius 3 is 2.80 bits per heavy atom. The monoisotopic (exact) mass is 205 g/mol. The molecule has 1 heterocycles. The molecule has 3 rings (SSSR count). The highest BCUT2D eigenvalue weighted by Gasteiger charge is 2.51. The molecule has 78 valence electrons. The average molecular weight is 205 g/mol. The summed E-state index contributed by atoms with van der Waals surface area (Å²) in [5, 5.41) is 9.12. The summed E-state index contributed by atoms with van der Waals surface area (Å²) in [5.41, 5.74) is 0.426. The van der Waals surface area contributed by atoms with Crippen molar-refractivity contribution in [2.75, 3.05) is 11.4 Å². The van der Waals surface area contributed by atoms with Gasteiger partial charge in [-0.25, -0.2) is 4.79 Å². The number of ether oxygens (including phenoxy) is 1. The molecule has 1 aliphatic heterocycles. The van der Waals surface area contributed by atoms with Gasteiger partial charge in [-0.1, -0.05) is 12.1 Å². The third-order valence-corrected chi connectivity index (χ3v) is 2.97. The first kappa shape index (κ1) is 8.59. The number of carboxylic acid groups (broad SMARTS) is 1. The predicted molar refractivity (Wildman–Crippen MR) is 54.4 cm³/mol. The quantitative estimate of drug-likeness (QED) is 0.705. The molecular formula is C11H11NO3. The number of fused-ring (bicyclic) bond motifs is 1. The Labute approximate surface area is 87.1 Å². The molecule has 1 aliphatic carbocycles. The number of para-hydroxylation sites is 2. The second-order valence-corrected chi connectivity index (χ2v) is 4.12. The molecule has 0 unspecified atom stereocenters. The van der Waals surface area contributed by atoms with Crippen LogP contribution in [0.4, 0.5) is 10.5 Å². The van der Waals surface area contributed by atoms with Gasteiger partial charge < -0.3 is 9.84 Å². The van der Waals surface area contributed by atoms with Gasteiger partial charge in [0.15, 0.2) is 0 Å². The molecule has 1 N–H and O–H groups in total. The van der Waals surface area contributed by atoms with Crippen molar-refractivity contribution in [3.8, 4) is 5.75 Å². The Balaban J connectivity index is 2.06. The van der Waals surface area contributed by atoms with Crippen LogP contribution in [-0.2, 0) is 0 Å². The van der Waals surface area contributed by atoms with Gasteiger partial charge in [-0.05, 0) is 25.0 Å². The van der Waals surface area contributed by atoms with Gasteiger partial charge in [-0.3, -0.25) is 4.90 Å². The van der Waals surface area contributed by atoms with Crippen LogP contribution in [0, 0.1) is 0 Å². The standard InChI is InChI=1S/C11H11NO3/c13-10(14)12-7-11(5-6-11)15-9-4-2-1-3-8(9)12/h1-4H,5-7H2,(H,13,14). The van der Waals surface area contributed by atoms with E-state index in [-0.39, 0.29) is 5.60 Å². The van der Waals surface area contributed by atoms with Crippen LogP contribution in [0.3, 0.4) is 0 Å². The minimum absolute atomic E-state index is 0.229. The summed E-state index contributed by atoms with van der Waals surface area (Å²) >= 11 is 0. The van der Waals surface area contributed by atoms with E-state index in [0.29, 0.717) is 18.0 Å². The first-order valence-electron chi connectivity index (χ1n) is 4.99. The largest absolute Gasteiger partial charge is 0.483 e. The van der Waals surface area contributed by atoms with E-state index in [9.17, 15) is 4.79 Å². The molecule has 2 aliphatic rings. The van der Waals surface area contributed by atoms with Crippen LogP contribution in [0.5, 0.6) is 5.75 Å². The van der Waals surface area contributed by atoms with Crippen LogP contribution >= 0.6 is 0 Å². The number of amides is 1. The van der Waals surface area contributed by atoms with Crippen LogP contribution in [0.25, 0.3) is 0 Å². The summed E-state index contributed by atoms with van der Waals surface area (Å²) in [6.45, 7) is 0.458. The average Bonchev–Trinajstić information content (AvgIpc) is 2.96. The van der Waals surface area contributed by atoms with E-state index < -0.39 is 6.09 Å². The van der Waals surface area contributed by atoms with Crippen LogP contribution in [0.1, 0.15) is 12.8 Å². The first-order valence-corrected chi connectivity index (χ1v) is 4.99. The van der Waals surface area contributed by atoms with Crippen molar-refractivity contribution in [3.05, 3.63) is 24.3 Å². The van der Waals surface area contributed by atoms with Crippen molar-refractivity contribution in [2.24, 2.45) is 0 Å². The third kappa shape index (κ3) is 1.25. The van der Waals surface area contributed by atoms with Gasteiger partial charge in [-0.15, -0.1) is 0 Å². The summed E-state index contributed by atoms with van der Waals surface area (Å²) in [7, 11) is 0. The molecule has 0 atom stereocenters. The molecule has 4 nitrogen and oxygen atoms in total. The Morgan fingerprint density at radius 2 is 2.13 bits per heavy atom. The highest BCUT2D eigenvalue weighted by molar-refractivity contribution is 5.89. The third-order valence-electron chi connectivity index (χ3n) is 2.97. The molecule has 1 amide bonds. The Morgan fingerprint density at radius 1 is 1.40 bits per heavy atom. The number of hydrogen-bond acceptors (Lipinski definition) is 2. The minimum atomic E-state index is -0.906. The van der Waals surface area contributed by atoms with Gasteiger partial charge in [-0.2, -0.15) is 0 Å². The van der Waals surface area contributed by atoms with Gasteiger partial charge >= 0.3 is 6.09 Å². The molecule has 1 aromatic carbocycles. The lowest BCUT2D eigenvalue weighted by molar-refractivity contribution is 0.158. The van der Waals surface area contributed by atoms with E-state index in [0.717, 1.165) is 12.8 Å². The van der Waals surface area contributed by atoms with Gasteiger partial charge in [0.1, 0.15) is 11.4 Å². The summed E-state index contributed by atoms with van der Waals surface area (Å²) in [5.74, 6) is 0.684. The van der Waals surface area contributed by atoms with Crippen LogP contribution < -0.4 is 9.64 Å². The molecule has 4 heteroatoms. The highest BCUT2D eigenvalue weighted by Crippen LogP contribution is 2.48. The first-order chi connectivity index (χ1) is 7.20. The second kappa shape index (κ2) is 2.66. The van der Waals surface area contributed by atoms with Crippen LogP contribution in [-0.4, -0.2) is 23.3 Å². The maximum atomic E-state index is 11.1. The van der Waals surface area contributed by atoms with E-state index in [1.807, 2.05) is 18.2 Å². The summed E-state index contributed by atoms with van der Waals surface area (Å²) in [6, 6.07) is 7.28. The molecule has 1 fully saturated rings. The molecule has 1 spiro atoms. The Hall–Kier alpha value is -1.71. The Bertz CT molecular complexity index is 426. The van der Waals surface area contributed by atoms with E-state index in [1.165, 1.54) is 4.90 Å². The topological polar surface area (TPSA) is 49.8 Å². The number of carbonyl (C=O) groups is 1. The van der Waals surface area contributed by atoms with E-state index in [4.69, 9.17) is 9.84 Å². The van der Waals surface area contributed by atoms with E-state index >= 15 is 0 Å². The number of hydrogen-bond donors (Lipinski definition) is 1. The van der Waals surface area contributed by atoms with Crippen molar-refractivity contribution in [1.82, 2.24) is 0 Å². The zero-order valence-corrected chi connectivity index (χ0v) is 8.14. The number of benzene rings is 1. The molecule has 0 radical (unpaired) electrons. The van der Waals surface area contributed by atoms with Crippen molar-refractivity contribution in [2.45, 2.75) is 18.4 Å². The number of nitrogens with zero attached hydrogens (tertiary/aromatic N) is 1. The Kier molecular flexibility index (Phi) is 1.52. The highest BCUT2D eigenvalue weighted by atomic mass is 16.5. The summed E-state index contributed by atoms with van der Waals surface area (Å²) in [6.07, 6.45) is 0.994. The van der Waals surface area contributed by atoms with E-state index in [1.54, 1.807) is 6.07 Å². The zero-order valence-electron chi connectivity index (χ0n) is 8.14. The van der Waals surface area contributed by atoms with E-state index in [2.05, 4.69) is 0 Å². The second-order valence-electron chi connectivity index (χ2n) is 4.12. The molecule has 0 aromatic heterocycles. The fourth-order valence-electron chi connectivity index (χ4n) is 1.98. The molecule has 1 aromatic rings. The van der Waals surface area contributed by atoms with Gasteiger partial charge in [0.25, 0.3) is 0 Å². The van der Waals surface area contributed by atoms with Crippen molar-refractivity contribution < 1.29 is 14.6 Å². The van der Waals surface area contributed by atoms with Crippen molar-refractivity contribution in [1.29, 1.82) is 0 Å². The van der Waals surface area contributed by atoms with Crippen LogP contribution in [0.2, 0.25) is 0 Å². The lowest BCUT2D eigenvalue weighted by Gasteiger charge is -2.33. The van der Waals surface area contributed by atoms with Gasteiger partial charge in [0.2, 0.25) is 0 Å². The molecule has 15 heavy (non-hydrogen) atoms. The maximum Gasteiger partial charge on any atom is 0.412 e. The SMILES string of the molecule is O=C(O)N1CC2(CC2)Oc2ccccc21. The normalized spacial score (nSPS) is 20.7. The lowest BCUT2D eigenvalue weighted by Crippen LogP contribution is -2.44. The van der Waals surface area contributed by atoms with Gasteiger partial charge in [0, 0.05) is 0 Å². The fourth-order valence-corrected chi connectivity index (χ4v) is 1.98. The molecular weight excluding hydrogens is 194 g/mol. The number of anilines is 1. The van der Waals surface area contributed by atoms with Crippen molar-refractivity contribution >= 4 is 11.8 Å². The zero-order chi connectivity index (χ0) is 10.5. The number of rotatable bonds is 0. The van der Waals surface area contributed by atoms with Crippen molar-refractivity contribution in [3.63, 3.8) is 0 Å².